The Morgan fingerprint density at radius 2 is 2.00 bits per heavy atom. The van der Waals surface area contributed by atoms with Gasteiger partial charge in [-0.3, -0.25) is 9.59 Å². The standard InChI is InChI=1S/C17H22N2O3/c1-11-8-12(2)15-13(9-11)10-14(17(21)19-15)16(20)18-6-4-5-7-22-3/h8-10H,4-7H2,1-3H3,(H,18,20)(H,19,21). The van der Waals surface area contributed by atoms with Gasteiger partial charge in [-0.2, -0.15) is 0 Å². The first-order valence-electron chi connectivity index (χ1n) is 7.44. The number of hydrogen-bond donors (Lipinski definition) is 2. The first-order valence-corrected chi connectivity index (χ1v) is 7.44. The Bertz CT molecular complexity index is 734. The van der Waals surface area contributed by atoms with Crippen molar-refractivity contribution in [3.63, 3.8) is 0 Å². The van der Waals surface area contributed by atoms with Crippen molar-refractivity contribution >= 4 is 16.8 Å². The maximum Gasteiger partial charge on any atom is 0.261 e. The van der Waals surface area contributed by atoms with E-state index in [-0.39, 0.29) is 17.0 Å². The SMILES string of the molecule is COCCCCNC(=O)c1cc2cc(C)cc(C)c2[nH]c1=O. The van der Waals surface area contributed by atoms with Gasteiger partial charge in [-0.05, 0) is 49.8 Å². The molecule has 1 heterocycles. The Balaban J connectivity index is 2.19. The number of H-pyrrole nitrogens is 1. The number of aryl methyl sites for hydroxylation is 2. The Hall–Kier alpha value is -2.14. The van der Waals surface area contributed by atoms with E-state index in [1.807, 2.05) is 26.0 Å². The summed E-state index contributed by atoms with van der Waals surface area (Å²) in [5.41, 5.74) is 2.69. The molecule has 0 aliphatic rings. The zero-order valence-corrected chi connectivity index (χ0v) is 13.3. The van der Waals surface area contributed by atoms with Crippen molar-refractivity contribution in [3.05, 3.63) is 45.2 Å². The second kappa shape index (κ2) is 7.22. The molecule has 0 aliphatic carbocycles. The molecule has 0 atom stereocenters. The highest BCUT2D eigenvalue weighted by Crippen LogP contribution is 2.17. The van der Waals surface area contributed by atoms with Crippen LogP contribution in [0.15, 0.2) is 23.0 Å². The highest BCUT2D eigenvalue weighted by atomic mass is 16.5. The van der Waals surface area contributed by atoms with Crippen LogP contribution >= 0.6 is 0 Å². The normalized spacial score (nSPS) is 10.9. The number of benzene rings is 1. The van der Waals surface area contributed by atoms with Gasteiger partial charge < -0.3 is 15.0 Å². The van der Waals surface area contributed by atoms with Gasteiger partial charge in [0, 0.05) is 20.3 Å². The van der Waals surface area contributed by atoms with Crippen molar-refractivity contribution in [2.24, 2.45) is 0 Å². The van der Waals surface area contributed by atoms with E-state index in [1.54, 1.807) is 13.2 Å². The number of pyridine rings is 1. The highest BCUT2D eigenvalue weighted by Gasteiger charge is 2.12. The van der Waals surface area contributed by atoms with Crippen LogP contribution in [0.5, 0.6) is 0 Å². The Labute approximate surface area is 129 Å². The molecule has 0 aliphatic heterocycles. The molecule has 5 nitrogen and oxygen atoms in total. The van der Waals surface area contributed by atoms with Crippen molar-refractivity contribution in [2.75, 3.05) is 20.3 Å². The van der Waals surface area contributed by atoms with Crippen molar-refractivity contribution < 1.29 is 9.53 Å². The number of methoxy groups -OCH3 is 1. The van der Waals surface area contributed by atoms with Gasteiger partial charge in [0.15, 0.2) is 0 Å². The summed E-state index contributed by atoms with van der Waals surface area (Å²) < 4.78 is 4.96. The summed E-state index contributed by atoms with van der Waals surface area (Å²) in [7, 11) is 1.65. The van der Waals surface area contributed by atoms with E-state index >= 15 is 0 Å². The number of fused-ring (bicyclic) bond motifs is 1. The number of amides is 1. The summed E-state index contributed by atoms with van der Waals surface area (Å²) in [6, 6.07) is 5.64. The molecule has 0 radical (unpaired) electrons. The van der Waals surface area contributed by atoms with Gasteiger partial charge in [-0.25, -0.2) is 0 Å². The van der Waals surface area contributed by atoms with Gasteiger partial charge in [-0.1, -0.05) is 11.6 Å². The molecule has 0 saturated carbocycles. The quantitative estimate of drug-likeness (QED) is 0.804. The lowest BCUT2D eigenvalue weighted by atomic mass is 10.1. The average molecular weight is 302 g/mol. The number of aromatic nitrogens is 1. The molecule has 2 N–H and O–H groups in total. The van der Waals surface area contributed by atoms with E-state index in [0.29, 0.717) is 13.2 Å². The van der Waals surface area contributed by atoms with Crippen LogP contribution in [0, 0.1) is 13.8 Å². The molecular weight excluding hydrogens is 280 g/mol. The Morgan fingerprint density at radius 1 is 1.23 bits per heavy atom. The number of rotatable bonds is 6. The summed E-state index contributed by atoms with van der Waals surface area (Å²) in [5.74, 6) is -0.334. The first kappa shape index (κ1) is 16.2. The van der Waals surface area contributed by atoms with Gasteiger partial charge in [0.25, 0.3) is 11.5 Å². The number of ether oxygens (including phenoxy) is 1. The molecule has 2 rings (SSSR count). The molecular formula is C17H22N2O3. The number of nitrogens with one attached hydrogen (secondary N) is 2. The molecule has 0 fully saturated rings. The minimum absolute atomic E-state index is 0.157. The average Bonchev–Trinajstić information content (AvgIpc) is 2.47. The maximum atomic E-state index is 12.1. The van der Waals surface area contributed by atoms with Crippen LogP contribution in [0.2, 0.25) is 0 Å². The number of carbonyl (C=O) groups excluding carboxylic acids is 1. The largest absolute Gasteiger partial charge is 0.385 e. The zero-order chi connectivity index (χ0) is 16.1. The molecule has 0 unspecified atom stereocenters. The summed E-state index contributed by atoms with van der Waals surface area (Å²) in [5, 5.41) is 3.65. The van der Waals surface area contributed by atoms with Crippen molar-refractivity contribution in [1.82, 2.24) is 10.3 Å². The lowest BCUT2D eigenvalue weighted by Crippen LogP contribution is -2.30. The number of unbranched alkanes of at least 4 members (excludes halogenated alkanes) is 1. The van der Waals surface area contributed by atoms with Gasteiger partial charge >= 0.3 is 0 Å². The lowest BCUT2D eigenvalue weighted by Gasteiger charge is -2.08. The topological polar surface area (TPSA) is 71.2 Å². The fourth-order valence-electron chi connectivity index (χ4n) is 2.52. The third-order valence-corrected chi connectivity index (χ3v) is 3.60. The number of carbonyl (C=O) groups is 1. The summed E-state index contributed by atoms with van der Waals surface area (Å²) in [6.07, 6.45) is 1.70. The Morgan fingerprint density at radius 3 is 2.73 bits per heavy atom. The van der Waals surface area contributed by atoms with Crippen molar-refractivity contribution in [2.45, 2.75) is 26.7 Å². The summed E-state index contributed by atoms with van der Waals surface area (Å²) in [6.45, 7) is 5.14. The second-order valence-corrected chi connectivity index (χ2v) is 5.51. The molecule has 1 amide bonds. The first-order chi connectivity index (χ1) is 10.5. The molecule has 22 heavy (non-hydrogen) atoms. The van der Waals surface area contributed by atoms with Gasteiger partial charge in [0.1, 0.15) is 5.56 Å². The molecule has 118 valence electrons. The number of aromatic amines is 1. The van der Waals surface area contributed by atoms with Crippen molar-refractivity contribution in [3.8, 4) is 0 Å². The van der Waals surface area contributed by atoms with Gasteiger partial charge in [-0.15, -0.1) is 0 Å². The molecule has 0 saturated heterocycles. The second-order valence-electron chi connectivity index (χ2n) is 5.51. The molecule has 2 aromatic rings. The predicted molar refractivity (Wildman–Crippen MR) is 87.5 cm³/mol. The van der Waals surface area contributed by atoms with Crippen LogP contribution in [0.1, 0.15) is 34.3 Å². The van der Waals surface area contributed by atoms with Crippen LogP contribution in [0.4, 0.5) is 0 Å². The zero-order valence-electron chi connectivity index (χ0n) is 13.3. The van der Waals surface area contributed by atoms with Gasteiger partial charge in [0.05, 0.1) is 5.52 Å². The fourth-order valence-corrected chi connectivity index (χ4v) is 2.52. The lowest BCUT2D eigenvalue weighted by molar-refractivity contribution is 0.0950. The third kappa shape index (κ3) is 3.74. The van der Waals surface area contributed by atoms with E-state index in [1.165, 1.54) is 0 Å². The summed E-state index contributed by atoms with van der Waals surface area (Å²) >= 11 is 0. The fraction of sp³-hybridized carbons (Fsp3) is 0.412. The van der Waals surface area contributed by atoms with E-state index < -0.39 is 0 Å². The molecule has 1 aromatic heterocycles. The molecule has 0 bridgehead atoms. The monoisotopic (exact) mass is 302 g/mol. The van der Waals surface area contributed by atoms with E-state index in [0.717, 1.165) is 34.9 Å². The summed E-state index contributed by atoms with van der Waals surface area (Å²) in [4.78, 5) is 27.1. The highest BCUT2D eigenvalue weighted by molar-refractivity contribution is 5.97. The number of hydrogen-bond acceptors (Lipinski definition) is 3. The van der Waals surface area contributed by atoms with Crippen LogP contribution < -0.4 is 10.9 Å². The molecule has 0 spiro atoms. The smallest absolute Gasteiger partial charge is 0.261 e. The minimum atomic E-state index is -0.353. The van der Waals surface area contributed by atoms with Gasteiger partial charge in [0.2, 0.25) is 0 Å². The maximum absolute atomic E-state index is 12.1. The third-order valence-electron chi connectivity index (χ3n) is 3.60. The van der Waals surface area contributed by atoms with E-state index in [2.05, 4.69) is 10.3 Å². The van der Waals surface area contributed by atoms with E-state index in [4.69, 9.17) is 4.74 Å². The van der Waals surface area contributed by atoms with Crippen LogP contribution in [-0.4, -0.2) is 31.2 Å². The van der Waals surface area contributed by atoms with Crippen LogP contribution in [0.3, 0.4) is 0 Å². The van der Waals surface area contributed by atoms with Crippen LogP contribution in [0.25, 0.3) is 10.9 Å². The molecule has 1 aromatic carbocycles. The Kier molecular flexibility index (Phi) is 5.33. The molecule has 5 heteroatoms. The van der Waals surface area contributed by atoms with E-state index in [9.17, 15) is 9.59 Å². The van der Waals surface area contributed by atoms with Crippen LogP contribution in [-0.2, 0) is 4.74 Å². The van der Waals surface area contributed by atoms with Crippen molar-refractivity contribution in [1.29, 1.82) is 0 Å². The predicted octanol–water partition coefficient (Wildman–Crippen LogP) is 2.30. The minimum Gasteiger partial charge on any atom is -0.385 e.